The Balaban J connectivity index is 1.80. The third kappa shape index (κ3) is 3.73. The van der Waals surface area contributed by atoms with Gasteiger partial charge in [-0.2, -0.15) is 4.39 Å². The van der Waals surface area contributed by atoms with E-state index < -0.39 is 21.7 Å². The molecule has 0 spiro atoms. The summed E-state index contributed by atoms with van der Waals surface area (Å²) in [5.74, 6) is -1.18. The number of nitrogens with zero attached hydrogens (tertiary/aromatic N) is 1. The number of aromatic nitrogens is 1. The Labute approximate surface area is 133 Å². The number of sulfone groups is 1. The van der Waals surface area contributed by atoms with Crippen molar-refractivity contribution in [1.82, 2.24) is 4.98 Å². The van der Waals surface area contributed by atoms with Crippen LogP contribution in [0.1, 0.15) is 23.2 Å². The van der Waals surface area contributed by atoms with Crippen LogP contribution in [0.5, 0.6) is 0 Å². The van der Waals surface area contributed by atoms with Crippen LogP contribution in [0.25, 0.3) is 0 Å². The minimum absolute atomic E-state index is 0.127. The predicted molar refractivity (Wildman–Crippen MR) is 83.4 cm³/mol. The second kappa shape index (κ2) is 6.08. The van der Waals surface area contributed by atoms with Crippen LogP contribution in [-0.4, -0.2) is 25.1 Å². The average molecular weight is 334 g/mol. The summed E-state index contributed by atoms with van der Waals surface area (Å²) in [6.45, 7) is 0. The summed E-state index contributed by atoms with van der Waals surface area (Å²) in [7, 11) is -3.37. The minimum Gasteiger partial charge on any atom is -0.322 e. The normalized spacial score (nSPS) is 14.5. The molecule has 1 aromatic carbocycles. The molecule has 1 fully saturated rings. The number of anilines is 1. The molecule has 120 valence electrons. The van der Waals surface area contributed by atoms with Gasteiger partial charge in [-0.1, -0.05) is 6.07 Å². The van der Waals surface area contributed by atoms with Crippen molar-refractivity contribution >= 4 is 21.4 Å². The second-order valence-corrected chi connectivity index (χ2v) is 7.58. The Hall–Kier alpha value is -2.28. The van der Waals surface area contributed by atoms with Crippen molar-refractivity contribution in [2.75, 3.05) is 11.1 Å². The molecule has 0 unspecified atom stereocenters. The first-order valence-corrected chi connectivity index (χ1v) is 8.85. The lowest BCUT2D eigenvalue weighted by Crippen LogP contribution is -2.15. The van der Waals surface area contributed by atoms with Gasteiger partial charge < -0.3 is 5.32 Å². The van der Waals surface area contributed by atoms with Gasteiger partial charge in [0.15, 0.2) is 9.84 Å². The predicted octanol–water partition coefficient (Wildman–Crippen LogP) is 2.66. The molecule has 0 atom stereocenters. The summed E-state index contributed by atoms with van der Waals surface area (Å²) in [6, 6.07) is 8.76. The number of carbonyl (C=O) groups is 1. The number of benzene rings is 1. The van der Waals surface area contributed by atoms with Gasteiger partial charge in [-0.15, -0.1) is 0 Å². The number of halogens is 1. The van der Waals surface area contributed by atoms with E-state index >= 15 is 0 Å². The van der Waals surface area contributed by atoms with Gasteiger partial charge in [0.05, 0.1) is 16.2 Å². The van der Waals surface area contributed by atoms with Crippen LogP contribution in [0.2, 0.25) is 0 Å². The fourth-order valence-corrected chi connectivity index (χ4v) is 3.95. The molecule has 0 radical (unpaired) electrons. The monoisotopic (exact) mass is 334 g/mol. The average Bonchev–Trinajstić information content (AvgIpc) is 3.31. The van der Waals surface area contributed by atoms with Crippen LogP contribution in [0.3, 0.4) is 0 Å². The first-order valence-electron chi connectivity index (χ1n) is 7.20. The van der Waals surface area contributed by atoms with Crippen LogP contribution >= 0.6 is 0 Å². The summed E-state index contributed by atoms with van der Waals surface area (Å²) in [5.41, 5.74) is 0.105. The van der Waals surface area contributed by atoms with E-state index in [-0.39, 0.29) is 22.1 Å². The Bertz CT molecular complexity index is 848. The number of rotatable bonds is 5. The number of hydrogen-bond donors (Lipinski definition) is 1. The molecule has 0 aliphatic heterocycles. The van der Waals surface area contributed by atoms with E-state index in [4.69, 9.17) is 0 Å². The van der Waals surface area contributed by atoms with Crippen molar-refractivity contribution in [3.8, 4) is 0 Å². The van der Waals surface area contributed by atoms with Gasteiger partial charge in [0.1, 0.15) is 0 Å². The van der Waals surface area contributed by atoms with Gasteiger partial charge in [0.25, 0.3) is 5.91 Å². The second-order valence-electron chi connectivity index (χ2n) is 5.55. The zero-order chi connectivity index (χ0) is 16.4. The molecule has 1 aliphatic rings. The molecule has 1 heterocycles. The van der Waals surface area contributed by atoms with E-state index in [2.05, 4.69) is 10.3 Å². The van der Waals surface area contributed by atoms with Gasteiger partial charge in [0, 0.05) is 11.9 Å². The molecule has 0 saturated heterocycles. The maximum absolute atomic E-state index is 13.5. The third-order valence-corrected chi connectivity index (χ3v) is 5.49. The molecule has 23 heavy (non-hydrogen) atoms. The van der Waals surface area contributed by atoms with Crippen molar-refractivity contribution in [2.24, 2.45) is 5.92 Å². The molecule has 7 heteroatoms. The van der Waals surface area contributed by atoms with Crippen LogP contribution in [0.15, 0.2) is 47.5 Å². The Morgan fingerprint density at radius 2 is 2.04 bits per heavy atom. The summed E-state index contributed by atoms with van der Waals surface area (Å²) >= 11 is 0. The quantitative estimate of drug-likeness (QED) is 0.853. The Kier molecular flexibility index (Phi) is 4.12. The van der Waals surface area contributed by atoms with Crippen molar-refractivity contribution in [1.29, 1.82) is 0 Å². The number of carbonyl (C=O) groups excluding carboxylic acids is 1. The van der Waals surface area contributed by atoms with Gasteiger partial charge in [-0.25, -0.2) is 13.4 Å². The fourth-order valence-electron chi connectivity index (χ4n) is 2.21. The van der Waals surface area contributed by atoms with Crippen LogP contribution < -0.4 is 5.32 Å². The van der Waals surface area contributed by atoms with E-state index in [0.29, 0.717) is 5.69 Å². The molecular formula is C16H15FN2O3S. The lowest BCUT2D eigenvalue weighted by atomic mass is 10.2. The Morgan fingerprint density at radius 1 is 1.26 bits per heavy atom. The van der Waals surface area contributed by atoms with Gasteiger partial charge in [0.2, 0.25) is 5.95 Å². The van der Waals surface area contributed by atoms with Crippen LogP contribution in [-0.2, 0) is 9.84 Å². The van der Waals surface area contributed by atoms with Crippen LogP contribution in [0, 0.1) is 11.9 Å². The summed E-state index contributed by atoms with van der Waals surface area (Å²) in [5, 5.41) is 2.50. The summed E-state index contributed by atoms with van der Waals surface area (Å²) in [4.78, 5) is 15.6. The highest BCUT2D eigenvalue weighted by Gasteiger charge is 2.29. The lowest BCUT2D eigenvalue weighted by molar-refractivity contribution is 0.102. The maximum Gasteiger partial charge on any atom is 0.260 e. The SMILES string of the molecule is O=C(Nc1cccc(S(=O)(=O)CC2CC2)c1)c1cccnc1F. The number of pyridine rings is 1. The highest BCUT2D eigenvalue weighted by molar-refractivity contribution is 7.91. The summed E-state index contributed by atoms with van der Waals surface area (Å²) < 4.78 is 38.0. The van der Waals surface area contributed by atoms with Crippen molar-refractivity contribution in [2.45, 2.75) is 17.7 Å². The number of hydrogen-bond acceptors (Lipinski definition) is 4. The van der Waals surface area contributed by atoms with E-state index in [9.17, 15) is 17.6 Å². The standard InChI is InChI=1S/C16H15FN2O3S/c17-15-14(5-2-8-18-15)16(20)19-12-3-1-4-13(9-12)23(21,22)10-11-6-7-11/h1-5,8-9,11H,6-7,10H2,(H,19,20). The lowest BCUT2D eigenvalue weighted by Gasteiger charge is -2.08. The molecular weight excluding hydrogens is 319 g/mol. The topological polar surface area (TPSA) is 76.1 Å². The van der Waals surface area contributed by atoms with E-state index in [1.807, 2.05) is 0 Å². The zero-order valence-corrected chi connectivity index (χ0v) is 13.0. The molecule has 1 aliphatic carbocycles. The molecule has 1 saturated carbocycles. The molecule has 0 bridgehead atoms. The highest BCUT2D eigenvalue weighted by Crippen LogP contribution is 2.32. The van der Waals surface area contributed by atoms with E-state index in [1.54, 1.807) is 12.1 Å². The van der Waals surface area contributed by atoms with Gasteiger partial charge >= 0.3 is 0 Å². The maximum atomic E-state index is 13.5. The smallest absolute Gasteiger partial charge is 0.260 e. The van der Waals surface area contributed by atoms with Crippen molar-refractivity contribution in [3.63, 3.8) is 0 Å². The molecule has 3 rings (SSSR count). The molecule has 1 amide bonds. The first-order chi connectivity index (χ1) is 11.0. The van der Waals surface area contributed by atoms with E-state index in [1.165, 1.54) is 30.5 Å². The third-order valence-electron chi connectivity index (χ3n) is 3.61. The summed E-state index contributed by atoms with van der Waals surface area (Å²) in [6.07, 6.45) is 3.13. The van der Waals surface area contributed by atoms with Crippen LogP contribution in [0.4, 0.5) is 10.1 Å². The molecule has 2 aromatic rings. The van der Waals surface area contributed by atoms with Gasteiger partial charge in [-0.05, 0) is 49.1 Å². The first kappa shape index (κ1) is 15.6. The number of amides is 1. The van der Waals surface area contributed by atoms with E-state index in [0.717, 1.165) is 12.8 Å². The fraction of sp³-hybridized carbons (Fsp3) is 0.250. The largest absolute Gasteiger partial charge is 0.322 e. The van der Waals surface area contributed by atoms with Gasteiger partial charge in [-0.3, -0.25) is 4.79 Å². The molecule has 5 nitrogen and oxygen atoms in total. The Morgan fingerprint density at radius 3 is 2.74 bits per heavy atom. The number of nitrogens with one attached hydrogen (secondary N) is 1. The van der Waals surface area contributed by atoms with Crippen molar-refractivity contribution in [3.05, 3.63) is 54.1 Å². The molecule has 1 N–H and O–H groups in total. The zero-order valence-electron chi connectivity index (χ0n) is 12.2. The van der Waals surface area contributed by atoms with Crippen molar-refractivity contribution < 1.29 is 17.6 Å². The minimum atomic E-state index is -3.37. The molecule has 1 aromatic heterocycles. The highest BCUT2D eigenvalue weighted by atomic mass is 32.2.